The van der Waals surface area contributed by atoms with E-state index < -0.39 is 11.5 Å². The number of halogens is 1. The van der Waals surface area contributed by atoms with Crippen molar-refractivity contribution in [1.82, 2.24) is 10.6 Å². The van der Waals surface area contributed by atoms with Crippen molar-refractivity contribution in [2.75, 3.05) is 20.2 Å². The first-order valence-corrected chi connectivity index (χ1v) is 8.15. The second-order valence-electron chi connectivity index (χ2n) is 7.02. The highest BCUT2D eigenvalue weighted by atomic mass is 19.1. The van der Waals surface area contributed by atoms with Gasteiger partial charge in [-0.3, -0.25) is 0 Å². The number of urea groups is 1. The van der Waals surface area contributed by atoms with Crippen LogP contribution in [0.2, 0.25) is 0 Å². The molecule has 5 nitrogen and oxygen atoms in total. The van der Waals surface area contributed by atoms with E-state index >= 15 is 0 Å². The van der Waals surface area contributed by atoms with Crippen LogP contribution in [0.15, 0.2) is 24.3 Å². The quantitative estimate of drug-likeness (QED) is 0.681. The number of nitrogens with one attached hydrogen (secondary N) is 2. The summed E-state index contributed by atoms with van der Waals surface area (Å²) in [5, 5.41) is 15.7. The lowest BCUT2D eigenvalue weighted by Crippen LogP contribution is -2.47. The molecule has 0 aliphatic carbocycles. The summed E-state index contributed by atoms with van der Waals surface area (Å²) in [5.41, 5.74) is 0.359. The van der Waals surface area contributed by atoms with Gasteiger partial charge in [0.05, 0.1) is 12.2 Å². The number of ether oxygens (including phenoxy) is 1. The number of carbonyl (C=O) groups excluding carboxylic acids is 1. The summed E-state index contributed by atoms with van der Waals surface area (Å²) in [7, 11) is 1.54. The van der Waals surface area contributed by atoms with Gasteiger partial charge < -0.3 is 20.5 Å². The van der Waals surface area contributed by atoms with Crippen molar-refractivity contribution in [3.05, 3.63) is 35.6 Å². The lowest BCUT2D eigenvalue weighted by Gasteiger charge is -2.33. The number of methoxy groups -OCH3 is 1. The van der Waals surface area contributed by atoms with E-state index in [0.717, 1.165) is 5.56 Å². The fourth-order valence-electron chi connectivity index (χ4n) is 2.58. The molecule has 0 aliphatic rings. The van der Waals surface area contributed by atoms with Crippen molar-refractivity contribution >= 4 is 6.03 Å². The van der Waals surface area contributed by atoms with Gasteiger partial charge in [0.25, 0.3) is 0 Å². The number of aliphatic hydroxyl groups is 1. The largest absolute Gasteiger partial charge is 0.392 e. The Morgan fingerprint density at radius 2 is 1.83 bits per heavy atom. The minimum Gasteiger partial charge on any atom is -0.392 e. The van der Waals surface area contributed by atoms with Gasteiger partial charge in [-0.1, -0.05) is 39.8 Å². The highest BCUT2D eigenvalue weighted by Gasteiger charge is 2.30. The van der Waals surface area contributed by atoms with Crippen LogP contribution in [0.4, 0.5) is 9.18 Å². The standard InChI is InChI=1S/C18H29FN2O3/c1-12(2)16(22)18(3,4)11-21-17(23)20-10-15(24-5)13-6-8-14(19)9-7-13/h6-9,12,15-16,22H,10-11H2,1-5H3,(H2,20,21,23). The first kappa shape index (κ1) is 20.4. The predicted octanol–water partition coefficient (Wildman–Crippen LogP) is 2.86. The van der Waals surface area contributed by atoms with E-state index in [1.165, 1.54) is 19.2 Å². The molecule has 6 heteroatoms. The van der Waals surface area contributed by atoms with Crippen LogP contribution < -0.4 is 10.6 Å². The molecule has 0 spiro atoms. The molecule has 0 aromatic heterocycles. The zero-order chi connectivity index (χ0) is 18.3. The Morgan fingerprint density at radius 3 is 2.33 bits per heavy atom. The molecular weight excluding hydrogens is 311 g/mol. The summed E-state index contributed by atoms with van der Waals surface area (Å²) in [4.78, 5) is 12.0. The molecule has 1 rings (SSSR count). The van der Waals surface area contributed by atoms with Crippen molar-refractivity contribution in [1.29, 1.82) is 0 Å². The molecule has 2 atom stereocenters. The number of amides is 2. The third-order valence-corrected chi connectivity index (χ3v) is 4.11. The summed E-state index contributed by atoms with van der Waals surface area (Å²) >= 11 is 0. The van der Waals surface area contributed by atoms with Crippen molar-refractivity contribution in [3.8, 4) is 0 Å². The van der Waals surface area contributed by atoms with Crippen LogP contribution in [0.3, 0.4) is 0 Å². The molecule has 0 bridgehead atoms. The number of aliphatic hydroxyl groups excluding tert-OH is 1. The fourth-order valence-corrected chi connectivity index (χ4v) is 2.58. The SMILES string of the molecule is COC(CNC(=O)NCC(C)(C)C(O)C(C)C)c1ccc(F)cc1. The molecule has 2 unspecified atom stereocenters. The Hall–Kier alpha value is -1.66. The first-order chi connectivity index (χ1) is 11.2. The Kier molecular flexibility index (Phi) is 7.63. The summed E-state index contributed by atoms with van der Waals surface area (Å²) in [6.07, 6.45) is -0.866. The summed E-state index contributed by atoms with van der Waals surface area (Å²) in [6.45, 7) is 8.33. The van der Waals surface area contributed by atoms with E-state index in [-0.39, 0.29) is 30.4 Å². The zero-order valence-corrected chi connectivity index (χ0v) is 15.1. The molecule has 2 amide bonds. The van der Waals surface area contributed by atoms with E-state index in [0.29, 0.717) is 6.54 Å². The highest BCUT2D eigenvalue weighted by molar-refractivity contribution is 5.73. The molecule has 0 radical (unpaired) electrons. The molecule has 0 saturated carbocycles. The monoisotopic (exact) mass is 340 g/mol. The smallest absolute Gasteiger partial charge is 0.314 e. The van der Waals surface area contributed by atoms with E-state index in [9.17, 15) is 14.3 Å². The van der Waals surface area contributed by atoms with Gasteiger partial charge in [-0.25, -0.2) is 9.18 Å². The van der Waals surface area contributed by atoms with Crippen molar-refractivity contribution in [2.45, 2.75) is 39.9 Å². The Balaban J connectivity index is 2.48. The van der Waals surface area contributed by atoms with Gasteiger partial charge in [-0.05, 0) is 23.6 Å². The molecule has 0 saturated heterocycles. The molecule has 3 N–H and O–H groups in total. The Morgan fingerprint density at radius 1 is 1.25 bits per heavy atom. The van der Waals surface area contributed by atoms with Crippen molar-refractivity contribution in [2.24, 2.45) is 11.3 Å². The summed E-state index contributed by atoms with van der Waals surface area (Å²) in [5.74, 6) is -0.202. The van der Waals surface area contributed by atoms with Gasteiger partial charge in [0.2, 0.25) is 0 Å². The first-order valence-electron chi connectivity index (χ1n) is 8.15. The van der Waals surface area contributed by atoms with E-state index in [2.05, 4.69) is 10.6 Å². The average molecular weight is 340 g/mol. The van der Waals surface area contributed by atoms with E-state index in [1.54, 1.807) is 12.1 Å². The molecule has 136 valence electrons. The molecule has 0 fully saturated rings. The van der Waals surface area contributed by atoms with Crippen LogP contribution in [0, 0.1) is 17.2 Å². The van der Waals surface area contributed by atoms with E-state index in [1.807, 2.05) is 27.7 Å². The summed E-state index contributed by atoms with van der Waals surface area (Å²) < 4.78 is 18.3. The van der Waals surface area contributed by atoms with Crippen LogP contribution in [0.25, 0.3) is 0 Å². The van der Waals surface area contributed by atoms with Crippen LogP contribution >= 0.6 is 0 Å². The molecule has 0 aliphatic heterocycles. The molecule has 24 heavy (non-hydrogen) atoms. The normalized spacial score (nSPS) is 14.3. The minimum atomic E-state index is -0.510. The maximum Gasteiger partial charge on any atom is 0.314 e. The van der Waals surface area contributed by atoms with Gasteiger partial charge in [-0.15, -0.1) is 0 Å². The fraction of sp³-hybridized carbons (Fsp3) is 0.611. The summed E-state index contributed by atoms with van der Waals surface area (Å²) in [6, 6.07) is 5.65. The molecule has 1 aromatic carbocycles. The number of benzene rings is 1. The Labute approximate surface area is 143 Å². The van der Waals surface area contributed by atoms with Gasteiger partial charge in [0, 0.05) is 25.6 Å². The van der Waals surface area contributed by atoms with Crippen LogP contribution in [0.5, 0.6) is 0 Å². The molecule has 0 heterocycles. The van der Waals surface area contributed by atoms with Gasteiger partial charge in [0.15, 0.2) is 0 Å². The minimum absolute atomic E-state index is 0.112. The second-order valence-corrected chi connectivity index (χ2v) is 7.02. The zero-order valence-electron chi connectivity index (χ0n) is 15.1. The van der Waals surface area contributed by atoms with Crippen LogP contribution in [-0.4, -0.2) is 37.4 Å². The maximum atomic E-state index is 13.0. The highest BCUT2D eigenvalue weighted by Crippen LogP contribution is 2.25. The topological polar surface area (TPSA) is 70.6 Å². The van der Waals surface area contributed by atoms with Gasteiger partial charge in [-0.2, -0.15) is 0 Å². The van der Waals surface area contributed by atoms with Gasteiger partial charge in [0.1, 0.15) is 5.82 Å². The number of hydrogen-bond acceptors (Lipinski definition) is 3. The van der Waals surface area contributed by atoms with Crippen molar-refractivity contribution < 1.29 is 19.0 Å². The third-order valence-electron chi connectivity index (χ3n) is 4.11. The van der Waals surface area contributed by atoms with Crippen molar-refractivity contribution in [3.63, 3.8) is 0 Å². The number of rotatable bonds is 8. The van der Waals surface area contributed by atoms with E-state index in [4.69, 9.17) is 4.74 Å². The number of carbonyl (C=O) groups is 1. The van der Waals surface area contributed by atoms with Crippen LogP contribution in [0.1, 0.15) is 39.4 Å². The van der Waals surface area contributed by atoms with Crippen LogP contribution in [-0.2, 0) is 4.74 Å². The lowest BCUT2D eigenvalue weighted by molar-refractivity contribution is 0.0150. The molecule has 1 aromatic rings. The Bertz CT molecular complexity index is 518. The predicted molar refractivity (Wildman–Crippen MR) is 92.2 cm³/mol. The number of hydrogen-bond donors (Lipinski definition) is 3. The lowest BCUT2D eigenvalue weighted by atomic mass is 9.81. The van der Waals surface area contributed by atoms with Gasteiger partial charge >= 0.3 is 6.03 Å². The maximum absolute atomic E-state index is 13.0. The molecular formula is C18H29FN2O3. The second kappa shape index (κ2) is 8.99. The third kappa shape index (κ3) is 6.09. The average Bonchev–Trinajstić information content (AvgIpc) is 2.54.